The molecule has 0 radical (unpaired) electrons. The molecular formula is C20H18N6O. The van der Waals surface area contributed by atoms with Crippen molar-refractivity contribution in [3.8, 4) is 22.6 Å². The lowest BCUT2D eigenvalue weighted by Gasteiger charge is -2.08. The Morgan fingerprint density at radius 2 is 1.96 bits per heavy atom. The van der Waals surface area contributed by atoms with Crippen molar-refractivity contribution in [1.29, 1.82) is 0 Å². The standard InChI is InChI=1S/C20H18N6O/c1-3-19(27)25-17-12-26-16(20-22-9-13(2)10-23-20)7-15(8-18(26)24-17)14-5-4-6-21-11-14/h4-12H,3H2,1-2H3,(H,25,27). The lowest BCUT2D eigenvalue weighted by atomic mass is 10.1. The Morgan fingerprint density at radius 1 is 1.15 bits per heavy atom. The van der Waals surface area contributed by atoms with Gasteiger partial charge in [-0.05, 0) is 36.2 Å². The Bertz CT molecular complexity index is 1100. The van der Waals surface area contributed by atoms with E-state index in [2.05, 4.69) is 25.3 Å². The van der Waals surface area contributed by atoms with Crippen LogP contribution in [0.4, 0.5) is 5.82 Å². The van der Waals surface area contributed by atoms with E-state index in [0.29, 0.717) is 23.7 Å². The Hall–Kier alpha value is -3.61. The second-order valence-electron chi connectivity index (χ2n) is 6.21. The van der Waals surface area contributed by atoms with Gasteiger partial charge in [0.15, 0.2) is 11.6 Å². The quantitative estimate of drug-likeness (QED) is 0.603. The number of anilines is 1. The molecule has 1 amide bonds. The van der Waals surface area contributed by atoms with Gasteiger partial charge in [0.05, 0.1) is 11.9 Å². The van der Waals surface area contributed by atoms with E-state index in [9.17, 15) is 4.79 Å². The lowest BCUT2D eigenvalue weighted by Crippen LogP contribution is -2.09. The summed E-state index contributed by atoms with van der Waals surface area (Å²) in [6, 6.07) is 7.83. The molecule has 0 bridgehead atoms. The van der Waals surface area contributed by atoms with E-state index < -0.39 is 0 Å². The van der Waals surface area contributed by atoms with Crippen LogP contribution < -0.4 is 5.32 Å². The van der Waals surface area contributed by atoms with E-state index in [1.165, 1.54) is 0 Å². The number of aryl methyl sites for hydroxylation is 1. The zero-order valence-electron chi connectivity index (χ0n) is 15.0. The highest BCUT2D eigenvalue weighted by atomic mass is 16.1. The summed E-state index contributed by atoms with van der Waals surface area (Å²) >= 11 is 0. The fraction of sp³-hybridized carbons (Fsp3) is 0.150. The molecular weight excluding hydrogens is 340 g/mol. The summed E-state index contributed by atoms with van der Waals surface area (Å²) in [6.07, 6.45) is 9.27. The first-order chi connectivity index (χ1) is 13.1. The maximum atomic E-state index is 11.7. The van der Waals surface area contributed by atoms with Gasteiger partial charge in [-0.2, -0.15) is 0 Å². The minimum atomic E-state index is -0.0842. The van der Waals surface area contributed by atoms with Crippen LogP contribution in [-0.2, 0) is 4.79 Å². The average Bonchev–Trinajstić information content (AvgIpc) is 3.10. The molecule has 0 fully saturated rings. The number of pyridine rings is 2. The van der Waals surface area contributed by atoms with Crippen LogP contribution in [0.2, 0.25) is 0 Å². The number of imidazole rings is 1. The van der Waals surface area contributed by atoms with Gasteiger partial charge in [-0.1, -0.05) is 13.0 Å². The van der Waals surface area contributed by atoms with Crippen LogP contribution in [0.5, 0.6) is 0 Å². The molecule has 0 aliphatic carbocycles. The summed E-state index contributed by atoms with van der Waals surface area (Å²) in [6.45, 7) is 3.75. The van der Waals surface area contributed by atoms with Crippen LogP contribution in [0.3, 0.4) is 0 Å². The molecule has 4 heterocycles. The molecule has 27 heavy (non-hydrogen) atoms. The molecule has 4 aromatic rings. The zero-order valence-corrected chi connectivity index (χ0v) is 15.0. The highest BCUT2D eigenvalue weighted by Crippen LogP contribution is 2.27. The fourth-order valence-electron chi connectivity index (χ4n) is 2.78. The summed E-state index contributed by atoms with van der Waals surface area (Å²) in [4.78, 5) is 29.4. The average molecular weight is 358 g/mol. The number of hydrogen-bond donors (Lipinski definition) is 1. The highest BCUT2D eigenvalue weighted by Gasteiger charge is 2.13. The molecule has 0 saturated carbocycles. The number of aromatic nitrogens is 5. The molecule has 4 rings (SSSR count). The molecule has 7 nitrogen and oxygen atoms in total. The Labute approximate surface area is 156 Å². The molecule has 134 valence electrons. The minimum Gasteiger partial charge on any atom is -0.309 e. The topological polar surface area (TPSA) is 85.1 Å². The molecule has 0 aliphatic heterocycles. The first kappa shape index (κ1) is 16.8. The smallest absolute Gasteiger partial charge is 0.225 e. The van der Waals surface area contributed by atoms with Gasteiger partial charge in [-0.15, -0.1) is 0 Å². The second kappa shape index (κ2) is 6.95. The third kappa shape index (κ3) is 3.39. The number of nitrogens with zero attached hydrogens (tertiary/aromatic N) is 5. The van der Waals surface area contributed by atoms with Crippen molar-refractivity contribution in [2.24, 2.45) is 0 Å². The molecule has 0 unspecified atom stereocenters. The van der Waals surface area contributed by atoms with E-state index in [1.54, 1.807) is 37.9 Å². The van der Waals surface area contributed by atoms with Crippen molar-refractivity contribution in [1.82, 2.24) is 24.3 Å². The normalized spacial score (nSPS) is 10.9. The van der Waals surface area contributed by atoms with Crippen molar-refractivity contribution in [2.45, 2.75) is 20.3 Å². The van der Waals surface area contributed by atoms with Crippen molar-refractivity contribution < 1.29 is 4.79 Å². The Morgan fingerprint density at radius 3 is 2.67 bits per heavy atom. The van der Waals surface area contributed by atoms with Gasteiger partial charge in [0.2, 0.25) is 5.91 Å². The number of nitrogens with one attached hydrogen (secondary N) is 1. The van der Waals surface area contributed by atoms with Gasteiger partial charge in [0.1, 0.15) is 5.65 Å². The highest BCUT2D eigenvalue weighted by molar-refractivity contribution is 5.90. The van der Waals surface area contributed by atoms with Gasteiger partial charge in [-0.25, -0.2) is 15.0 Å². The zero-order chi connectivity index (χ0) is 18.8. The van der Waals surface area contributed by atoms with Crippen molar-refractivity contribution in [3.05, 3.63) is 60.8 Å². The lowest BCUT2D eigenvalue weighted by molar-refractivity contribution is -0.115. The van der Waals surface area contributed by atoms with Crippen LogP contribution in [-0.4, -0.2) is 30.2 Å². The van der Waals surface area contributed by atoms with Crippen LogP contribution in [0, 0.1) is 6.92 Å². The van der Waals surface area contributed by atoms with E-state index in [4.69, 9.17) is 0 Å². The van der Waals surface area contributed by atoms with Crippen molar-refractivity contribution >= 4 is 17.4 Å². The molecule has 4 aromatic heterocycles. The summed E-state index contributed by atoms with van der Waals surface area (Å²) in [5, 5.41) is 2.80. The SMILES string of the molecule is CCC(=O)Nc1cn2c(-c3ncc(C)cn3)cc(-c3cccnc3)cc2n1. The van der Waals surface area contributed by atoms with Crippen LogP contribution >= 0.6 is 0 Å². The number of fused-ring (bicyclic) bond motifs is 1. The molecule has 0 aromatic carbocycles. The second-order valence-corrected chi connectivity index (χ2v) is 6.21. The number of hydrogen-bond acceptors (Lipinski definition) is 5. The molecule has 0 spiro atoms. The Balaban J connectivity index is 1.91. The largest absolute Gasteiger partial charge is 0.309 e. The third-order valence-corrected chi connectivity index (χ3v) is 4.16. The van der Waals surface area contributed by atoms with Crippen molar-refractivity contribution in [3.63, 3.8) is 0 Å². The van der Waals surface area contributed by atoms with Crippen LogP contribution in [0.15, 0.2) is 55.2 Å². The predicted octanol–water partition coefficient (Wildman–Crippen LogP) is 3.51. The first-order valence-electron chi connectivity index (χ1n) is 8.66. The van der Waals surface area contributed by atoms with Gasteiger partial charge >= 0.3 is 0 Å². The molecule has 7 heteroatoms. The van der Waals surface area contributed by atoms with Gasteiger partial charge in [-0.3, -0.25) is 14.2 Å². The van der Waals surface area contributed by atoms with Gasteiger partial charge in [0, 0.05) is 36.8 Å². The fourth-order valence-corrected chi connectivity index (χ4v) is 2.78. The number of amides is 1. The Kier molecular flexibility index (Phi) is 4.33. The maximum absolute atomic E-state index is 11.7. The van der Waals surface area contributed by atoms with Crippen LogP contribution in [0.1, 0.15) is 18.9 Å². The minimum absolute atomic E-state index is 0.0842. The molecule has 0 aliphatic rings. The third-order valence-electron chi connectivity index (χ3n) is 4.16. The first-order valence-corrected chi connectivity index (χ1v) is 8.66. The number of carbonyl (C=O) groups is 1. The van der Waals surface area contributed by atoms with E-state index in [-0.39, 0.29) is 5.91 Å². The van der Waals surface area contributed by atoms with Crippen LogP contribution in [0.25, 0.3) is 28.3 Å². The van der Waals surface area contributed by atoms with Gasteiger partial charge < -0.3 is 5.32 Å². The number of carbonyl (C=O) groups excluding carboxylic acids is 1. The van der Waals surface area contributed by atoms with Gasteiger partial charge in [0.25, 0.3) is 0 Å². The van der Waals surface area contributed by atoms with E-state index in [0.717, 1.165) is 22.4 Å². The maximum Gasteiger partial charge on any atom is 0.225 e. The molecule has 1 N–H and O–H groups in total. The summed E-state index contributed by atoms with van der Waals surface area (Å²) < 4.78 is 1.88. The summed E-state index contributed by atoms with van der Waals surface area (Å²) in [5.41, 5.74) is 4.39. The summed E-state index contributed by atoms with van der Waals surface area (Å²) in [5.74, 6) is 1.000. The predicted molar refractivity (Wildman–Crippen MR) is 103 cm³/mol. The van der Waals surface area contributed by atoms with E-state index >= 15 is 0 Å². The molecule has 0 atom stereocenters. The van der Waals surface area contributed by atoms with E-state index in [1.807, 2.05) is 35.6 Å². The molecule has 0 saturated heterocycles. The number of rotatable bonds is 4. The monoisotopic (exact) mass is 358 g/mol. The summed E-state index contributed by atoms with van der Waals surface area (Å²) in [7, 11) is 0. The van der Waals surface area contributed by atoms with Crippen molar-refractivity contribution in [2.75, 3.05) is 5.32 Å².